The van der Waals surface area contributed by atoms with Crippen LogP contribution in [0.25, 0.3) is 0 Å². The van der Waals surface area contributed by atoms with Crippen molar-refractivity contribution in [2.75, 3.05) is 18.8 Å². The summed E-state index contributed by atoms with van der Waals surface area (Å²) in [6.45, 7) is 8.29. The lowest BCUT2D eigenvalue weighted by Crippen LogP contribution is -2.64. The molecule has 1 aromatic rings. The summed E-state index contributed by atoms with van der Waals surface area (Å²) in [7, 11) is 0. The van der Waals surface area contributed by atoms with Gasteiger partial charge in [0, 0.05) is 30.5 Å². The smallest absolute Gasteiger partial charge is 0.270 e. The molecule has 0 saturated carbocycles. The molecule has 18 heavy (non-hydrogen) atoms. The average molecular weight is 248 g/mol. The predicted molar refractivity (Wildman–Crippen MR) is 71.2 cm³/mol. The third kappa shape index (κ3) is 2.79. The fourth-order valence-electron chi connectivity index (χ4n) is 1.95. The molecular formula is C13H20N4O. The minimum atomic E-state index is -0.152. The Labute approximate surface area is 107 Å². The van der Waals surface area contributed by atoms with Crippen molar-refractivity contribution in [3.8, 4) is 0 Å². The fraction of sp³-hybridized carbons (Fsp3) is 0.538. The number of carbonyl (C=O) groups excluding carboxylic acids is 1. The van der Waals surface area contributed by atoms with E-state index in [9.17, 15) is 4.79 Å². The number of hydrogen-bond acceptors (Lipinski definition) is 4. The molecule has 2 heterocycles. The van der Waals surface area contributed by atoms with E-state index in [4.69, 9.17) is 5.73 Å². The maximum Gasteiger partial charge on any atom is 0.270 e. The van der Waals surface area contributed by atoms with Gasteiger partial charge in [-0.15, -0.1) is 0 Å². The average Bonchev–Trinajstić information content (AvgIpc) is 2.20. The lowest BCUT2D eigenvalue weighted by atomic mass is 9.97. The number of carbonyl (C=O) groups is 1. The number of hydrogen-bond donors (Lipinski definition) is 2. The monoisotopic (exact) mass is 248 g/mol. The van der Waals surface area contributed by atoms with Crippen molar-refractivity contribution in [1.29, 1.82) is 0 Å². The fourth-order valence-corrected chi connectivity index (χ4v) is 1.95. The van der Waals surface area contributed by atoms with Gasteiger partial charge in [-0.1, -0.05) is 0 Å². The second-order valence-electron chi connectivity index (χ2n) is 5.72. The zero-order valence-electron chi connectivity index (χ0n) is 11.1. The maximum atomic E-state index is 11.9. The molecular weight excluding hydrogens is 228 g/mol. The molecule has 1 aromatic heterocycles. The van der Waals surface area contributed by atoms with E-state index < -0.39 is 0 Å². The first-order chi connectivity index (χ1) is 8.36. The summed E-state index contributed by atoms with van der Waals surface area (Å²) in [5.41, 5.74) is 6.72. The van der Waals surface area contributed by atoms with Crippen LogP contribution in [0.1, 0.15) is 31.3 Å². The first kappa shape index (κ1) is 12.8. The summed E-state index contributed by atoms with van der Waals surface area (Å²) in [6.07, 6.45) is 1.55. The van der Waals surface area contributed by atoms with Gasteiger partial charge < -0.3 is 11.1 Å². The molecule has 1 amide bonds. The Morgan fingerprint density at radius 3 is 2.72 bits per heavy atom. The van der Waals surface area contributed by atoms with Gasteiger partial charge in [0.25, 0.3) is 5.91 Å². The van der Waals surface area contributed by atoms with Gasteiger partial charge in [0.05, 0.1) is 6.04 Å². The number of nitrogen functional groups attached to an aromatic ring is 1. The van der Waals surface area contributed by atoms with Crippen LogP contribution in [0, 0.1) is 0 Å². The van der Waals surface area contributed by atoms with Crippen LogP contribution in [0.3, 0.4) is 0 Å². The maximum absolute atomic E-state index is 11.9. The van der Waals surface area contributed by atoms with Crippen molar-refractivity contribution in [2.24, 2.45) is 0 Å². The second-order valence-corrected chi connectivity index (χ2v) is 5.72. The third-order valence-corrected chi connectivity index (χ3v) is 3.18. The molecule has 0 atom stereocenters. The predicted octanol–water partition coefficient (Wildman–Crippen LogP) is 0.876. The van der Waals surface area contributed by atoms with Crippen molar-refractivity contribution in [3.63, 3.8) is 0 Å². The van der Waals surface area contributed by atoms with E-state index in [0.717, 1.165) is 13.1 Å². The Morgan fingerprint density at radius 2 is 2.17 bits per heavy atom. The molecule has 0 bridgehead atoms. The van der Waals surface area contributed by atoms with Gasteiger partial charge in [0.2, 0.25) is 0 Å². The van der Waals surface area contributed by atoms with Gasteiger partial charge in [-0.2, -0.15) is 0 Å². The molecule has 98 valence electrons. The SMILES string of the molecule is CC(C)(C)N1CC(NC(=O)c2cc(N)ccn2)C1. The number of nitrogens with one attached hydrogen (secondary N) is 1. The van der Waals surface area contributed by atoms with Crippen molar-refractivity contribution in [1.82, 2.24) is 15.2 Å². The second kappa shape index (κ2) is 4.57. The van der Waals surface area contributed by atoms with E-state index in [0.29, 0.717) is 11.4 Å². The summed E-state index contributed by atoms with van der Waals surface area (Å²) in [5.74, 6) is -0.152. The van der Waals surface area contributed by atoms with Crippen LogP contribution < -0.4 is 11.1 Å². The zero-order valence-corrected chi connectivity index (χ0v) is 11.1. The van der Waals surface area contributed by atoms with Crippen LogP contribution in [0.4, 0.5) is 5.69 Å². The van der Waals surface area contributed by atoms with Crippen LogP contribution in [-0.4, -0.2) is 40.5 Å². The summed E-state index contributed by atoms with van der Waals surface area (Å²) >= 11 is 0. The number of nitrogens with two attached hydrogens (primary N) is 1. The van der Waals surface area contributed by atoms with E-state index in [1.165, 1.54) is 0 Å². The van der Waals surface area contributed by atoms with Crippen molar-refractivity contribution in [2.45, 2.75) is 32.4 Å². The van der Waals surface area contributed by atoms with Gasteiger partial charge in [0.15, 0.2) is 0 Å². The number of likely N-dealkylation sites (tertiary alicyclic amines) is 1. The van der Waals surface area contributed by atoms with E-state index in [-0.39, 0.29) is 17.5 Å². The van der Waals surface area contributed by atoms with Crippen LogP contribution in [-0.2, 0) is 0 Å². The number of amides is 1. The van der Waals surface area contributed by atoms with Crippen molar-refractivity contribution >= 4 is 11.6 Å². The molecule has 3 N–H and O–H groups in total. The molecule has 0 aliphatic carbocycles. The summed E-state index contributed by atoms with van der Waals surface area (Å²) in [6, 6.07) is 3.47. The Hall–Kier alpha value is -1.62. The lowest BCUT2D eigenvalue weighted by Gasteiger charge is -2.47. The number of anilines is 1. The Bertz CT molecular complexity index is 447. The Balaban J connectivity index is 1.87. The van der Waals surface area contributed by atoms with Gasteiger partial charge in [-0.05, 0) is 32.9 Å². The van der Waals surface area contributed by atoms with Crippen molar-refractivity contribution < 1.29 is 4.79 Å². The minimum Gasteiger partial charge on any atom is -0.399 e. The molecule has 0 spiro atoms. The summed E-state index contributed by atoms with van der Waals surface area (Å²) in [5, 5.41) is 2.96. The minimum absolute atomic E-state index is 0.152. The quantitative estimate of drug-likeness (QED) is 0.815. The lowest BCUT2D eigenvalue weighted by molar-refractivity contribution is 0.0330. The number of aromatic nitrogens is 1. The molecule has 5 nitrogen and oxygen atoms in total. The molecule has 1 saturated heterocycles. The number of nitrogens with zero attached hydrogens (tertiary/aromatic N) is 2. The molecule has 1 fully saturated rings. The van der Waals surface area contributed by atoms with Crippen LogP contribution in [0.5, 0.6) is 0 Å². The van der Waals surface area contributed by atoms with Crippen LogP contribution in [0.2, 0.25) is 0 Å². The van der Waals surface area contributed by atoms with E-state index in [1.54, 1.807) is 18.3 Å². The summed E-state index contributed by atoms with van der Waals surface area (Å²) < 4.78 is 0. The standard InChI is InChI=1S/C13H20N4O/c1-13(2,3)17-7-10(8-17)16-12(18)11-6-9(14)4-5-15-11/h4-6,10H,7-8H2,1-3H3,(H2,14,15)(H,16,18). The highest BCUT2D eigenvalue weighted by Gasteiger charge is 2.35. The normalized spacial score (nSPS) is 17.3. The highest BCUT2D eigenvalue weighted by Crippen LogP contribution is 2.21. The molecule has 0 aromatic carbocycles. The van der Waals surface area contributed by atoms with Crippen LogP contribution >= 0.6 is 0 Å². The van der Waals surface area contributed by atoms with E-state index in [1.807, 2.05) is 0 Å². The van der Waals surface area contributed by atoms with Gasteiger partial charge in [-0.3, -0.25) is 14.7 Å². The molecule has 0 unspecified atom stereocenters. The van der Waals surface area contributed by atoms with E-state index >= 15 is 0 Å². The topological polar surface area (TPSA) is 71.2 Å². The molecule has 1 aliphatic rings. The van der Waals surface area contributed by atoms with E-state index in [2.05, 4.69) is 36.0 Å². The number of pyridine rings is 1. The molecule has 5 heteroatoms. The molecule has 2 rings (SSSR count). The number of rotatable bonds is 2. The van der Waals surface area contributed by atoms with Gasteiger partial charge >= 0.3 is 0 Å². The van der Waals surface area contributed by atoms with Gasteiger partial charge in [-0.25, -0.2) is 0 Å². The largest absolute Gasteiger partial charge is 0.399 e. The Kier molecular flexibility index (Phi) is 3.26. The zero-order chi connectivity index (χ0) is 13.3. The third-order valence-electron chi connectivity index (χ3n) is 3.18. The highest BCUT2D eigenvalue weighted by atomic mass is 16.2. The highest BCUT2D eigenvalue weighted by molar-refractivity contribution is 5.93. The van der Waals surface area contributed by atoms with Crippen LogP contribution in [0.15, 0.2) is 18.3 Å². The Morgan fingerprint density at radius 1 is 1.50 bits per heavy atom. The van der Waals surface area contributed by atoms with Gasteiger partial charge in [0.1, 0.15) is 5.69 Å². The van der Waals surface area contributed by atoms with Crippen molar-refractivity contribution in [3.05, 3.63) is 24.0 Å². The molecule has 0 radical (unpaired) electrons. The molecule has 1 aliphatic heterocycles. The first-order valence-electron chi connectivity index (χ1n) is 6.14. The summed E-state index contributed by atoms with van der Waals surface area (Å²) in [4.78, 5) is 18.2. The first-order valence-corrected chi connectivity index (χ1v) is 6.14.